The Balaban J connectivity index is 1.38. The molecule has 4 aromatic rings. The van der Waals surface area contributed by atoms with E-state index in [0.717, 1.165) is 44.3 Å². The molecule has 1 aromatic heterocycles. The summed E-state index contributed by atoms with van der Waals surface area (Å²) in [6.45, 7) is 8.00. The summed E-state index contributed by atoms with van der Waals surface area (Å²) < 4.78 is 18.6. The predicted octanol–water partition coefficient (Wildman–Crippen LogP) is 7.41. The minimum atomic E-state index is -0.274. The third kappa shape index (κ3) is 7.74. The summed E-state index contributed by atoms with van der Waals surface area (Å²) in [4.78, 5) is 30.5. The Labute approximate surface area is 255 Å². The molecule has 0 fully saturated rings. The maximum atomic E-state index is 13.2. The normalized spacial score (nSPS) is 12.4. The van der Waals surface area contributed by atoms with Crippen LogP contribution in [0.25, 0.3) is 10.2 Å². The topological polar surface area (TPSA) is 98.8 Å². The van der Waals surface area contributed by atoms with Gasteiger partial charge in [0.1, 0.15) is 17.2 Å². The molecule has 42 heavy (non-hydrogen) atoms. The number of fused-ring (bicyclic) bond motifs is 1. The SMILES string of the molecule is CCCC(C)Oc1ccc(C(=O)Nc2ccc3nc(SCC(=O)NC(C)c4ccc(OC)cc4)sc3c2)c(OC)c1C. The monoisotopic (exact) mass is 607 g/mol. The highest BCUT2D eigenvalue weighted by Gasteiger charge is 2.19. The lowest BCUT2D eigenvalue weighted by Crippen LogP contribution is -2.28. The first-order valence-corrected chi connectivity index (χ1v) is 15.6. The average Bonchev–Trinajstić information content (AvgIpc) is 3.39. The number of hydrogen-bond acceptors (Lipinski definition) is 8. The molecule has 0 aliphatic rings. The van der Waals surface area contributed by atoms with E-state index in [1.807, 2.05) is 69.3 Å². The number of ether oxygens (including phenoxy) is 3. The molecule has 2 unspecified atom stereocenters. The molecule has 2 amide bonds. The van der Waals surface area contributed by atoms with Crippen LogP contribution < -0.4 is 24.8 Å². The standard InChI is InChI=1S/C32H37N3O5S2/c1-7-8-19(2)40-27-16-14-25(30(39-6)20(27)3)31(37)34-23-11-15-26-28(17-23)42-32(35-26)41-18-29(36)33-21(4)22-9-12-24(38-5)13-10-22/h9-17,19,21H,7-8,18H2,1-6H3,(H,33,36)(H,34,37). The highest BCUT2D eigenvalue weighted by Crippen LogP contribution is 2.34. The minimum absolute atomic E-state index is 0.0731. The summed E-state index contributed by atoms with van der Waals surface area (Å²) in [6.07, 6.45) is 2.05. The number of carbonyl (C=O) groups is 2. The third-order valence-electron chi connectivity index (χ3n) is 6.78. The van der Waals surface area contributed by atoms with Crippen molar-refractivity contribution in [3.63, 3.8) is 0 Å². The van der Waals surface area contributed by atoms with Gasteiger partial charge < -0.3 is 24.8 Å². The summed E-state index contributed by atoms with van der Waals surface area (Å²) in [5, 5.41) is 6.00. The van der Waals surface area contributed by atoms with Crippen molar-refractivity contribution in [2.24, 2.45) is 0 Å². The molecule has 10 heteroatoms. The summed E-state index contributed by atoms with van der Waals surface area (Å²) >= 11 is 2.87. The van der Waals surface area contributed by atoms with Gasteiger partial charge in [-0.05, 0) is 75.2 Å². The Hall–Kier alpha value is -3.76. The van der Waals surface area contributed by atoms with Crippen molar-refractivity contribution in [1.29, 1.82) is 0 Å². The van der Waals surface area contributed by atoms with E-state index in [2.05, 4.69) is 22.5 Å². The Kier molecular flexibility index (Phi) is 10.7. The number of thiazole rings is 1. The van der Waals surface area contributed by atoms with Crippen molar-refractivity contribution in [1.82, 2.24) is 10.3 Å². The van der Waals surface area contributed by atoms with Crippen molar-refractivity contribution in [3.05, 3.63) is 71.3 Å². The number of thioether (sulfide) groups is 1. The first-order chi connectivity index (χ1) is 20.2. The molecule has 3 aromatic carbocycles. The quantitative estimate of drug-likeness (QED) is 0.153. The molecule has 0 saturated carbocycles. The number of nitrogens with one attached hydrogen (secondary N) is 2. The van der Waals surface area contributed by atoms with Crippen LogP contribution in [0.5, 0.6) is 17.2 Å². The van der Waals surface area contributed by atoms with Crippen molar-refractivity contribution in [2.75, 3.05) is 25.3 Å². The molecule has 0 aliphatic carbocycles. The van der Waals surface area contributed by atoms with Gasteiger partial charge in [-0.25, -0.2) is 4.98 Å². The maximum absolute atomic E-state index is 13.2. The number of carbonyl (C=O) groups excluding carboxylic acids is 2. The van der Waals surface area contributed by atoms with Crippen LogP contribution in [0.2, 0.25) is 0 Å². The predicted molar refractivity (Wildman–Crippen MR) is 171 cm³/mol. The fourth-order valence-electron chi connectivity index (χ4n) is 4.55. The number of benzene rings is 3. The van der Waals surface area contributed by atoms with Crippen LogP contribution in [0, 0.1) is 6.92 Å². The minimum Gasteiger partial charge on any atom is -0.497 e. The number of nitrogens with zero attached hydrogens (tertiary/aromatic N) is 1. The second-order valence-corrected chi connectivity index (χ2v) is 12.2. The van der Waals surface area contributed by atoms with Crippen LogP contribution in [0.1, 0.15) is 61.1 Å². The largest absolute Gasteiger partial charge is 0.497 e. The van der Waals surface area contributed by atoms with Crippen molar-refractivity contribution in [2.45, 2.75) is 57.0 Å². The van der Waals surface area contributed by atoms with Gasteiger partial charge >= 0.3 is 0 Å². The van der Waals surface area contributed by atoms with Gasteiger partial charge in [-0.15, -0.1) is 11.3 Å². The molecular weight excluding hydrogens is 571 g/mol. The summed E-state index contributed by atoms with van der Waals surface area (Å²) in [7, 11) is 3.18. The van der Waals surface area contributed by atoms with E-state index in [0.29, 0.717) is 22.7 Å². The molecular formula is C32H37N3O5S2. The van der Waals surface area contributed by atoms with Crippen LogP contribution in [0.15, 0.2) is 58.9 Å². The van der Waals surface area contributed by atoms with E-state index in [4.69, 9.17) is 14.2 Å². The average molecular weight is 608 g/mol. The molecule has 0 bridgehead atoms. The molecule has 222 valence electrons. The van der Waals surface area contributed by atoms with Gasteiger partial charge in [-0.3, -0.25) is 9.59 Å². The maximum Gasteiger partial charge on any atom is 0.259 e. The van der Waals surface area contributed by atoms with E-state index in [-0.39, 0.29) is 29.7 Å². The first kappa shape index (κ1) is 31.2. The van der Waals surface area contributed by atoms with E-state index in [1.165, 1.54) is 23.1 Å². The zero-order valence-corrected chi connectivity index (χ0v) is 26.4. The molecule has 2 atom stereocenters. The molecule has 0 aliphatic heterocycles. The molecule has 0 spiro atoms. The Morgan fingerprint density at radius 1 is 1.02 bits per heavy atom. The number of aromatic nitrogens is 1. The number of methoxy groups -OCH3 is 2. The van der Waals surface area contributed by atoms with Gasteiger partial charge in [0.2, 0.25) is 5.91 Å². The fraction of sp³-hybridized carbons (Fsp3) is 0.344. The van der Waals surface area contributed by atoms with Gasteiger partial charge in [0.05, 0.1) is 47.9 Å². The van der Waals surface area contributed by atoms with Crippen molar-refractivity contribution >= 4 is 50.8 Å². The van der Waals surface area contributed by atoms with Gasteiger partial charge in [-0.2, -0.15) is 0 Å². The lowest BCUT2D eigenvalue weighted by Gasteiger charge is -2.19. The molecule has 8 nitrogen and oxygen atoms in total. The van der Waals surface area contributed by atoms with Crippen LogP contribution in [-0.2, 0) is 4.79 Å². The van der Waals surface area contributed by atoms with Gasteiger partial charge in [-0.1, -0.05) is 37.2 Å². The number of amides is 2. The first-order valence-electron chi connectivity index (χ1n) is 13.8. The molecule has 0 radical (unpaired) electrons. The van der Waals surface area contributed by atoms with Gasteiger partial charge in [0, 0.05) is 11.3 Å². The zero-order valence-electron chi connectivity index (χ0n) is 24.8. The van der Waals surface area contributed by atoms with Crippen molar-refractivity contribution in [3.8, 4) is 17.2 Å². The highest BCUT2D eigenvalue weighted by molar-refractivity contribution is 8.01. The second kappa shape index (κ2) is 14.4. The van der Waals surface area contributed by atoms with Crippen LogP contribution in [0.4, 0.5) is 5.69 Å². The van der Waals surface area contributed by atoms with E-state index < -0.39 is 0 Å². The lowest BCUT2D eigenvalue weighted by molar-refractivity contribution is -0.119. The summed E-state index contributed by atoms with van der Waals surface area (Å²) in [5.41, 5.74) is 3.68. The smallest absolute Gasteiger partial charge is 0.259 e. The number of anilines is 1. The Morgan fingerprint density at radius 3 is 2.48 bits per heavy atom. The van der Waals surface area contributed by atoms with E-state index in [1.54, 1.807) is 20.3 Å². The molecule has 0 saturated heterocycles. The van der Waals surface area contributed by atoms with E-state index >= 15 is 0 Å². The lowest BCUT2D eigenvalue weighted by atomic mass is 10.1. The van der Waals surface area contributed by atoms with Crippen molar-refractivity contribution < 1.29 is 23.8 Å². The third-order valence-corrected chi connectivity index (χ3v) is 8.94. The molecule has 2 N–H and O–H groups in total. The number of hydrogen-bond donors (Lipinski definition) is 2. The van der Waals surface area contributed by atoms with Gasteiger partial charge in [0.25, 0.3) is 5.91 Å². The second-order valence-electron chi connectivity index (χ2n) is 9.95. The molecule has 1 heterocycles. The summed E-state index contributed by atoms with van der Waals surface area (Å²) in [6, 6.07) is 16.6. The Morgan fingerprint density at radius 2 is 1.79 bits per heavy atom. The van der Waals surface area contributed by atoms with Gasteiger partial charge in [0.15, 0.2) is 4.34 Å². The van der Waals surface area contributed by atoms with Crippen LogP contribution >= 0.6 is 23.1 Å². The summed E-state index contributed by atoms with van der Waals surface area (Å²) in [5.74, 6) is 1.88. The number of rotatable bonds is 13. The Bertz CT molecular complexity index is 1540. The highest BCUT2D eigenvalue weighted by atomic mass is 32.2. The fourth-order valence-corrected chi connectivity index (χ4v) is 6.47. The zero-order chi connectivity index (χ0) is 30.2. The molecule has 4 rings (SSSR count). The van der Waals surface area contributed by atoms with E-state index in [9.17, 15) is 9.59 Å². The van der Waals surface area contributed by atoms with Crippen LogP contribution in [-0.4, -0.2) is 42.9 Å². The van der Waals surface area contributed by atoms with Crippen LogP contribution in [0.3, 0.4) is 0 Å².